The van der Waals surface area contributed by atoms with Crippen molar-refractivity contribution in [3.8, 4) is 0 Å². The third-order valence-electron chi connectivity index (χ3n) is 1.76. The molecule has 0 saturated heterocycles. The lowest BCUT2D eigenvalue weighted by Crippen LogP contribution is -2.24. The highest BCUT2D eigenvalue weighted by Crippen LogP contribution is 2.35. The molecule has 0 saturated carbocycles. The van der Waals surface area contributed by atoms with Crippen LogP contribution in [0.2, 0.25) is 0 Å². The van der Waals surface area contributed by atoms with Gasteiger partial charge in [0.25, 0.3) is 6.43 Å². The Morgan fingerprint density at radius 2 is 1.60 bits per heavy atom. The van der Waals surface area contributed by atoms with Gasteiger partial charge in [-0.1, -0.05) is 15.9 Å². The molecule has 1 aromatic carbocycles. The molecule has 0 aliphatic heterocycles. The molecule has 0 aromatic heterocycles. The van der Waals surface area contributed by atoms with Gasteiger partial charge in [-0.15, -0.1) is 0 Å². The molecule has 1 nitrogen and oxygen atoms in total. The SMILES string of the molecule is CC(Nc1c(Br)cc(Br)cc1Br)C(F)F. The number of rotatable bonds is 3. The summed E-state index contributed by atoms with van der Waals surface area (Å²) in [5.74, 6) is 0. The van der Waals surface area contributed by atoms with Crippen LogP contribution in [0.5, 0.6) is 0 Å². The van der Waals surface area contributed by atoms with Gasteiger partial charge < -0.3 is 5.32 Å². The fourth-order valence-electron chi connectivity index (χ4n) is 0.971. The average Bonchev–Trinajstić information content (AvgIpc) is 2.10. The van der Waals surface area contributed by atoms with Crippen molar-refractivity contribution in [3.63, 3.8) is 0 Å². The van der Waals surface area contributed by atoms with Crippen molar-refractivity contribution in [1.29, 1.82) is 0 Å². The fraction of sp³-hybridized carbons (Fsp3) is 0.333. The topological polar surface area (TPSA) is 12.0 Å². The fourth-order valence-corrected chi connectivity index (χ4v) is 3.46. The molecule has 0 heterocycles. The van der Waals surface area contributed by atoms with Gasteiger partial charge in [0.05, 0.1) is 11.7 Å². The van der Waals surface area contributed by atoms with E-state index in [-0.39, 0.29) is 0 Å². The van der Waals surface area contributed by atoms with Crippen molar-refractivity contribution in [2.24, 2.45) is 0 Å². The first kappa shape index (κ1) is 13.4. The van der Waals surface area contributed by atoms with E-state index >= 15 is 0 Å². The van der Waals surface area contributed by atoms with Crippen molar-refractivity contribution < 1.29 is 8.78 Å². The van der Waals surface area contributed by atoms with Crippen LogP contribution in [0, 0.1) is 0 Å². The number of alkyl halides is 2. The van der Waals surface area contributed by atoms with Gasteiger partial charge >= 0.3 is 0 Å². The number of hydrogen-bond donors (Lipinski definition) is 1. The van der Waals surface area contributed by atoms with Crippen molar-refractivity contribution in [2.45, 2.75) is 19.4 Å². The van der Waals surface area contributed by atoms with Gasteiger partial charge in [0.2, 0.25) is 0 Å². The van der Waals surface area contributed by atoms with Crippen LogP contribution in [0.3, 0.4) is 0 Å². The van der Waals surface area contributed by atoms with Crippen LogP contribution in [0.4, 0.5) is 14.5 Å². The zero-order valence-corrected chi connectivity index (χ0v) is 12.5. The largest absolute Gasteiger partial charge is 0.375 e. The summed E-state index contributed by atoms with van der Waals surface area (Å²) in [5.41, 5.74) is 0.631. The van der Waals surface area contributed by atoms with E-state index in [0.29, 0.717) is 5.69 Å². The molecule has 0 amide bonds. The zero-order chi connectivity index (χ0) is 11.6. The van der Waals surface area contributed by atoms with Gasteiger partial charge in [-0.25, -0.2) is 8.78 Å². The molecule has 0 radical (unpaired) electrons. The summed E-state index contributed by atoms with van der Waals surface area (Å²) in [7, 11) is 0. The smallest absolute Gasteiger partial charge is 0.258 e. The number of anilines is 1. The maximum atomic E-state index is 12.4. The quantitative estimate of drug-likeness (QED) is 0.740. The van der Waals surface area contributed by atoms with Crippen molar-refractivity contribution in [3.05, 3.63) is 25.6 Å². The Morgan fingerprint density at radius 1 is 1.13 bits per heavy atom. The summed E-state index contributed by atoms with van der Waals surface area (Å²) in [6.07, 6.45) is -2.40. The highest BCUT2D eigenvalue weighted by Gasteiger charge is 2.17. The first-order chi connectivity index (χ1) is 6.91. The summed E-state index contributed by atoms with van der Waals surface area (Å²) in [5, 5.41) is 2.74. The monoisotopic (exact) mass is 405 g/mol. The molecule has 6 heteroatoms. The van der Waals surface area contributed by atoms with E-state index in [2.05, 4.69) is 53.1 Å². The van der Waals surface area contributed by atoms with Crippen molar-refractivity contribution in [2.75, 3.05) is 5.32 Å². The van der Waals surface area contributed by atoms with E-state index in [9.17, 15) is 8.78 Å². The molecule has 15 heavy (non-hydrogen) atoms. The Morgan fingerprint density at radius 3 is 2.00 bits per heavy atom. The molecule has 0 aliphatic rings. The predicted octanol–water partition coefficient (Wildman–Crippen LogP) is 5.04. The van der Waals surface area contributed by atoms with Gasteiger partial charge in [0.15, 0.2) is 0 Å². The first-order valence-electron chi connectivity index (χ1n) is 4.11. The maximum Gasteiger partial charge on any atom is 0.258 e. The summed E-state index contributed by atoms with van der Waals surface area (Å²) < 4.78 is 27.0. The summed E-state index contributed by atoms with van der Waals surface area (Å²) in [6, 6.07) is 2.70. The average molecular weight is 408 g/mol. The third kappa shape index (κ3) is 3.67. The van der Waals surface area contributed by atoms with Crippen LogP contribution >= 0.6 is 47.8 Å². The maximum absolute atomic E-state index is 12.4. The number of halogens is 5. The molecular formula is C9H8Br3F2N. The Labute approximate surface area is 112 Å². The standard InChI is InChI=1S/C9H8Br3F2N/c1-4(9(13)14)15-8-6(11)2-5(10)3-7(8)12/h2-4,9,15H,1H3. The molecule has 1 N–H and O–H groups in total. The lowest BCUT2D eigenvalue weighted by Gasteiger charge is -2.17. The zero-order valence-electron chi connectivity index (χ0n) is 7.70. The van der Waals surface area contributed by atoms with Crippen LogP contribution in [0.15, 0.2) is 25.6 Å². The molecule has 1 rings (SSSR count). The van der Waals surface area contributed by atoms with Crippen LogP contribution in [-0.4, -0.2) is 12.5 Å². The number of nitrogens with one attached hydrogen (secondary N) is 1. The van der Waals surface area contributed by atoms with E-state index in [1.54, 1.807) is 12.1 Å². The molecule has 0 aliphatic carbocycles. The van der Waals surface area contributed by atoms with E-state index in [1.807, 2.05) is 0 Å². The minimum Gasteiger partial charge on any atom is -0.375 e. The van der Waals surface area contributed by atoms with Crippen LogP contribution < -0.4 is 5.32 Å². The highest BCUT2D eigenvalue weighted by atomic mass is 79.9. The minimum atomic E-state index is -2.40. The van der Waals surface area contributed by atoms with Gasteiger partial charge in [0.1, 0.15) is 0 Å². The Kier molecular flexibility index (Phi) is 4.99. The molecule has 0 fully saturated rings. The molecular weight excluding hydrogens is 400 g/mol. The van der Waals surface area contributed by atoms with Crippen LogP contribution in [0.1, 0.15) is 6.92 Å². The summed E-state index contributed by atoms with van der Waals surface area (Å²) in [4.78, 5) is 0. The van der Waals surface area contributed by atoms with Crippen molar-refractivity contribution >= 4 is 53.5 Å². The molecule has 84 valence electrons. The highest BCUT2D eigenvalue weighted by molar-refractivity contribution is 9.11. The second-order valence-corrected chi connectivity index (χ2v) is 5.64. The Hall–Kier alpha value is 0.320. The van der Waals surface area contributed by atoms with E-state index in [1.165, 1.54) is 6.92 Å². The molecule has 0 spiro atoms. The van der Waals surface area contributed by atoms with Crippen LogP contribution in [-0.2, 0) is 0 Å². The lowest BCUT2D eigenvalue weighted by molar-refractivity contribution is 0.130. The van der Waals surface area contributed by atoms with Gasteiger partial charge in [-0.3, -0.25) is 0 Å². The molecule has 0 bridgehead atoms. The number of hydrogen-bond acceptors (Lipinski definition) is 1. The first-order valence-corrected chi connectivity index (χ1v) is 6.49. The van der Waals surface area contributed by atoms with Crippen LogP contribution in [0.25, 0.3) is 0 Å². The third-order valence-corrected chi connectivity index (χ3v) is 3.47. The normalized spacial score (nSPS) is 13.0. The molecule has 1 atom stereocenters. The lowest BCUT2D eigenvalue weighted by atomic mass is 10.3. The van der Waals surface area contributed by atoms with Crippen molar-refractivity contribution in [1.82, 2.24) is 0 Å². The van der Waals surface area contributed by atoms with E-state index < -0.39 is 12.5 Å². The number of benzene rings is 1. The predicted molar refractivity (Wildman–Crippen MR) is 68.6 cm³/mol. The van der Waals surface area contributed by atoms with Gasteiger partial charge in [-0.05, 0) is 50.9 Å². The summed E-state index contributed by atoms with van der Waals surface area (Å²) in [6.45, 7) is 1.44. The second kappa shape index (κ2) is 5.59. The second-order valence-electron chi connectivity index (χ2n) is 3.01. The minimum absolute atomic E-state index is 0.631. The van der Waals surface area contributed by atoms with E-state index in [4.69, 9.17) is 0 Å². The van der Waals surface area contributed by atoms with E-state index in [0.717, 1.165) is 13.4 Å². The molecule has 1 aromatic rings. The Bertz CT molecular complexity index is 334. The van der Waals surface area contributed by atoms with Gasteiger partial charge in [-0.2, -0.15) is 0 Å². The summed E-state index contributed by atoms with van der Waals surface area (Å²) >= 11 is 9.92. The molecule has 1 unspecified atom stereocenters. The van der Waals surface area contributed by atoms with Gasteiger partial charge in [0, 0.05) is 13.4 Å². The Balaban J connectivity index is 2.95.